The summed E-state index contributed by atoms with van der Waals surface area (Å²) in [6.07, 6.45) is 10.3. The minimum absolute atomic E-state index is 0.143. The van der Waals surface area contributed by atoms with Crippen LogP contribution in [0.3, 0.4) is 0 Å². The third kappa shape index (κ3) is 4.08. The van der Waals surface area contributed by atoms with Crippen molar-refractivity contribution in [3.05, 3.63) is 0 Å². The predicted octanol–water partition coefficient (Wildman–Crippen LogP) is 4.50. The molecule has 1 atom stereocenters. The van der Waals surface area contributed by atoms with Crippen LogP contribution in [-0.4, -0.2) is 5.54 Å². The molecule has 0 aromatic carbocycles. The van der Waals surface area contributed by atoms with Gasteiger partial charge in [0.1, 0.15) is 0 Å². The van der Waals surface area contributed by atoms with E-state index in [1.165, 1.54) is 51.4 Å². The lowest BCUT2D eigenvalue weighted by molar-refractivity contribution is 0.256. The van der Waals surface area contributed by atoms with Gasteiger partial charge in [-0.15, -0.1) is 0 Å². The highest BCUT2D eigenvalue weighted by atomic mass is 14.7. The van der Waals surface area contributed by atoms with E-state index in [2.05, 4.69) is 27.7 Å². The molecule has 0 saturated heterocycles. The minimum Gasteiger partial charge on any atom is -0.325 e. The second kappa shape index (κ2) is 5.53. The summed E-state index contributed by atoms with van der Waals surface area (Å²) in [5, 5.41) is 0. The summed E-state index contributed by atoms with van der Waals surface area (Å²) >= 11 is 0. The van der Waals surface area contributed by atoms with Crippen LogP contribution in [0.15, 0.2) is 0 Å². The van der Waals surface area contributed by atoms with Crippen LogP contribution in [0.1, 0.15) is 79.1 Å². The van der Waals surface area contributed by atoms with Crippen LogP contribution in [-0.2, 0) is 0 Å². The molecule has 96 valence electrons. The molecule has 1 heteroatoms. The predicted molar refractivity (Wildman–Crippen MR) is 72.5 cm³/mol. The molecule has 0 bridgehead atoms. The maximum atomic E-state index is 6.63. The van der Waals surface area contributed by atoms with Gasteiger partial charge in [0.05, 0.1) is 0 Å². The number of hydrogen-bond acceptors (Lipinski definition) is 1. The molecule has 1 saturated carbocycles. The Bertz CT molecular complexity index is 205. The van der Waals surface area contributed by atoms with E-state index in [0.717, 1.165) is 5.92 Å². The maximum absolute atomic E-state index is 6.63. The van der Waals surface area contributed by atoms with Crippen molar-refractivity contribution in [2.45, 2.75) is 84.6 Å². The highest BCUT2D eigenvalue weighted by molar-refractivity contribution is 4.91. The number of rotatable bonds is 4. The first-order valence-corrected chi connectivity index (χ1v) is 7.20. The van der Waals surface area contributed by atoms with Gasteiger partial charge < -0.3 is 5.73 Å². The molecule has 0 aromatic rings. The first-order chi connectivity index (χ1) is 7.41. The van der Waals surface area contributed by atoms with Gasteiger partial charge >= 0.3 is 0 Å². The lowest BCUT2D eigenvalue weighted by Gasteiger charge is -2.32. The number of nitrogens with two attached hydrogens (primary N) is 1. The molecule has 0 heterocycles. The molecule has 1 rings (SSSR count). The Labute approximate surface area is 102 Å². The maximum Gasteiger partial charge on any atom is 0.0157 e. The Balaban J connectivity index is 2.56. The van der Waals surface area contributed by atoms with Crippen molar-refractivity contribution >= 4 is 0 Å². The summed E-state index contributed by atoms with van der Waals surface area (Å²) in [5.41, 5.74) is 7.30. The van der Waals surface area contributed by atoms with Crippen molar-refractivity contribution in [1.82, 2.24) is 0 Å². The van der Waals surface area contributed by atoms with Crippen molar-refractivity contribution in [2.24, 2.45) is 17.1 Å². The fourth-order valence-corrected chi connectivity index (χ4v) is 3.11. The zero-order chi connectivity index (χ0) is 12.2. The summed E-state index contributed by atoms with van der Waals surface area (Å²) < 4.78 is 0. The van der Waals surface area contributed by atoms with Gasteiger partial charge in [0, 0.05) is 5.54 Å². The van der Waals surface area contributed by atoms with Crippen LogP contribution in [0, 0.1) is 11.3 Å². The Morgan fingerprint density at radius 2 is 1.62 bits per heavy atom. The fourth-order valence-electron chi connectivity index (χ4n) is 3.11. The van der Waals surface area contributed by atoms with Crippen LogP contribution in [0.2, 0.25) is 0 Å². The Hall–Kier alpha value is -0.0400. The summed E-state index contributed by atoms with van der Waals surface area (Å²) in [7, 11) is 0. The van der Waals surface area contributed by atoms with Crippen LogP contribution in [0.4, 0.5) is 0 Å². The van der Waals surface area contributed by atoms with Crippen molar-refractivity contribution in [1.29, 1.82) is 0 Å². The van der Waals surface area contributed by atoms with E-state index in [1.807, 2.05) is 0 Å². The first kappa shape index (κ1) is 14.0. The lowest BCUT2D eigenvalue weighted by atomic mass is 9.79. The monoisotopic (exact) mass is 225 g/mol. The van der Waals surface area contributed by atoms with Gasteiger partial charge in [-0.3, -0.25) is 0 Å². The Morgan fingerprint density at radius 3 is 2.19 bits per heavy atom. The first-order valence-electron chi connectivity index (χ1n) is 7.20. The molecule has 1 fully saturated rings. The molecule has 1 aliphatic carbocycles. The molecule has 1 unspecified atom stereocenters. The molecular weight excluding hydrogens is 194 g/mol. The van der Waals surface area contributed by atoms with Gasteiger partial charge in [-0.25, -0.2) is 0 Å². The van der Waals surface area contributed by atoms with Crippen molar-refractivity contribution in [2.75, 3.05) is 0 Å². The summed E-state index contributed by atoms with van der Waals surface area (Å²) in [6, 6.07) is 0. The quantitative estimate of drug-likeness (QED) is 0.700. The molecule has 1 aliphatic rings. The van der Waals surface area contributed by atoms with E-state index in [9.17, 15) is 0 Å². The molecule has 0 aliphatic heterocycles. The summed E-state index contributed by atoms with van der Waals surface area (Å²) in [5.74, 6) is 0.839. The zero-order valence-corrected chi connectivity index (χ0v) is 11.8. The van der Waals surface area contributed by atoms with Crippen molar-refractivity contribution < 1.29 is 0 Å². The zero-order valence-electron chi connectivity index (χ0n) is 11.8. The molecular formula is C15H31N. The van der Waals surface area contributed by atoms with Crippen molar-refractivity contribution in [3.63, 3.8) is 0 Å². The average Bonchev–Trinajstić information content (AvgIpc) is 2.36. The average molecular weight is 225 g/mol. The van der Waals surface area contributed by atoms with E-state index in [0.29, 0.717) is 5.41 Å². The molecule has 0 aromatic heterocycles. The molecule has 0 amide bonds. The lowest BCUT2D eigenvalue weighted by Crippen LogP contribution is -2.41. The SMILES string of the molecule is CCC(CC)CC1(N)CCCC(C)(C)CC1. The summed E-state index contributed by atoms with van der Waals surface area (Å²) in [4.78, 5) is 0. The topological polar surface area (TPSA) is 26.0 Å². The molecule has 0 radical (unpaired) electrons. The van der Waals surface area contributed by atoms with Crippen LogP contribution < -0.4 is 5.73 Å². The Kier molecular flexibility index (Phi) is 4.85. The Morgan fingerprint density at radius 1 is 1.00 bits per heavy atom. The van der Waals surface area contributed by atoms with Gasteiger partial charge in [0.25, 0.3) is 0 Å². The van der Waals surface area contributed by atoms with Gasteiger partial charge in [-0.05, 0) is 43.4 Å². The van der Waals surface area contributed by atoms with Crippen LogP contribution in [0.25, 0.3) is 0 Å². The second-order valence-electron chi connectivity index (χ2n) is 6.77. The standard InChI is InChI=1S/C15H31N/c1-5-13(6-2)12-15(16)9-7-8-14(3,4)10-11-15/h13H,5-12,16H2,1-4H3. The molecule has 16 heavy (non-hydrogen) atoms. The smallest absolute Gasteiger partial charge is 0.0157 e. The normalized spacial score (nSPS) is 30.4. The molecule has 2 N–H and O–H groups in total. The molecule has 1 nitrogen and oxygen atoms in total. The minimum atomic E-state index is 0.143. The van der Waals surface area contributed by atoms with Crippen molar-refractivity contribution in [3.8, 4) is 0 Å². The number of hydrogen-bond donors (Lipinski definition) is 1. The van der Waals surface area contributed by atoms with Crippen LogP contribution in [0.5, 0.6) is 0 Å². The third-order valence-corrected chi connectivity index (χ3v) is 4.68. The van der Waals surface area contributed by atoms with Gasteiger partial charge in [0.15, 0.2) is 0 Å². The van der Waals surface area contributed by atoms with Gasteiger partial charge in [0.2, 0.25) is 0 Å². The second-order valence-corrected chi connectivity index (χ2v) is 6.77. The largest absolute Gasteiger partial charge is 0.325 e. The van der Waals surface area contributed by atoms with E-state index < -0.39 is 0 Å². The molecule has 0 spiro atoms. The van der Waals surface area contributed by atoms with Gasteiger partial charge in [-0.1, -0.05) is 47.0 Å². The van der Waals surface area contributed by atoms with E-state index in [-0.39, 0.29) is 5.54 Å². The third-order valence-electron chi connectivity index (χ3n) is 4.68. The summed E-state index contributed by atoms with van der Waals surface area (Å²) in [6.45, 7) is 9.40. The fraction of sp³-hybridized carbons (Fsp3) is 1.00. The van der Waals surface area contributed by atoms with E-state index >= 15 is 0 Å². The van der Waals surface area contributed by atoms with E-state index in [4.69, 9.17) is 5.73 Å². The van der Waals surface area contributed by atoms with Crippen LogP contribution >= 0.6 is 0 Å². The van der Waals surface area contributed by atoms with Gasteiger partial charge in [-0.2, -0.15) is 0 Å². The highest BCUT2D eigenvalue weighted by Crippen LogP contribution is 2.39. The highest BCUT2D eigenvalue weighted by Gasteiger charge is 2.33. The van der Waals surface area contributed by atoms with E-state index in [1.54, 1.807) is 0 Å².